The Bertz CT molecular complexity index is 1560. The first-order valence-electron chi connectivity index (χ1n) is 14.4. The van der Waals surface area contributed by atoms with E-state index in [1.54, 1.807) is 25.4 Å². The van der Waals surface area contributed by atoms with Crippen LogP contribution < -0.4 is 10.1 Å². The van der Waals surface area contributed by atoms with Gasteiger partial charge in [0.1, 0.15) is 17.0 Å². The largest absolute Gasteiger partial charge is 0.496 e. The molecule has 6 rings (SSSR count). The zero-order chi connectivity index (χ0) is 29.1. The van der Waals surface area contributed by atoms with E-state index in [4.69, 9.17) is 4.74 Å². The van der Waals surface area contributed by atoms with Crippen molar-refractivity contribution < 1.29 is 19.4 Å². The Balaban J connectivity index is 1.51. The van der Waals surface area contributed by atoms with Crippen molar-refractivity contribution in [1.29, 1.82) is 5.26 Å². The lowest BCUT2D eigenvalue weighted by atomic mass is 9.78. The lowest BCUT2D eigenvalue weighted by Crippen LogP contribution is -2.52. The van der Waals surface area contributed by atoms with Crippen molar-refractivity contribution in [1.82, 2.24) is 14.8 Å². The predicted molar refractivity (Wildman–Crippen MR) is 158 cm³/mol. The number of rotatable bonds is 6. The molecule has 9 heteroatoms. The standard InChI is InChI=1S/C32H36N4O4S/c1-19-17-35-25(30(39)36-12-7-9-31(36,3)20(2)37)15-24(27-8-5-13-41-27)28(35)22-14-23(26(40-4)16-21(19)22)29(38)34-32(18-33)10-6-11-32/h5,8,13-16,19-20,37H,6-7,9-12,17H2,1-4H3,(H,34,38)/t19?,20-,31-/m1/s1. The summed E-state index contributed by atoms with van der Waals surface area (Å²) in [7, 11) is 1.56. The minimum atomic E-state index is -0.834. The molecule has 2 N–H and O–H groups in total. The van der Waals surface area contributed by atoms with Gasteiger partial charge in [0.15, 0.2) is 0 Å². The average Bonchev–Trinajstić information content (AvgIpc) is 3.69. The number of hydrogen-bond acceptors (Lipinski definition) is 6. The molecule has 4 heterocycles. The number of fused-ring (bicyclic) bond motifs is 3. The molecule has 214 valence electrons. The number of carbonyl (C=O) groups excluding carboxylic acids is 2. The predicted octanol–water partition coefficient (Wildman–Crippen LogP) is 5.56. The number of nitrogens with zero attached hydrogens (tertiary/aromatic N) is 3. The number of carbonyl (C=O) groups is 2. The normalized spacial score (nSPS) is 23.1. The number of nitrogens with one attached hydrogen (secondary N) is 1. The van der Waals surface area contributed by atoms with E-state index in [9.17, 15) is 20.0 Å². The van der Waals surface area contributed by atoms with Crippen LogP contribution in [0.1, 0.15) is 85.2 Å². The maximum Gasteiger partial charge on any atom is 0.271 e. The molecule has 0 radical (unpaired) electrons. The molecule has 1 aliphatic carbocycles. The van der Waals surface area contributed by atoms with Gasteiger partial charge in [-0.15, -0.1) is 11.3 Å². The topological polar surface area (TPSA) is 108 Å². The van der Waals surface area contributed by atoms with Gasteiger partial charge in [0.2, 0.25) is 0 Å². The van der Waals surface area contributed by atoms with E-state index in [0.29, 0.717) is 42.9 Å². The summed E-state index contributed by atoms with van der Waals surface area (Å²) in [5.74, 6) is 0.107. The molecule has 1 saturated heterocycles. The fourth-order valence-corrected chi connectivity index (χ4v) is 7.47. The Morgan fingerprint density at radius 2 is 2.00 bits per heavy atom. The van der Waals surface area contributed by atoms with Gasteiger partial charge in [0, 0.05) is 29.1 Å². The van der Waals surface area contributed by atoms with Gasteiger partial charge in [-0.1, -0.05) is 13.0 Å². The van der Waals surface area contributed by atoms with Crippen LogP contribution in [0.5, 0.6) is 5.75 Å². The van der Waals surface area contributed by atoms with Crippen LogP contribution in [0.2, 0.25) is 0 Å². The fourth-order valence-electron chi connectivity index (χ4n) is 6.72. The summed E-state index contributed by atoms with van der Waals surface area (Å²) in [5.41, 5.74) is 3.29. The number of methoxy groups -OCH3 is 1. The number of aliphatic hydroxyl groups excluding tert-OH is 1. The van der Waals surface area contributed by atoms with E-state index in [2.05, 4.69) is 22.9 Å². The minimum absolute atomic E-state index is 0.0532. The van der Waals surface area contributed by atoms with E-state index in [1.165, 1.54) is 0 Å². The molecule has 0 spiro atoms. The van der Waals surface area contributed by atoms with Gasteiger partial charge in [0.05, 0.1) is 36.1 Å². The Hall–Kier alpha value is -3.61. The quantitative estimate of drug-likeness (QED) is 0.402. The molecule has 41 heavy (non-hydrogen) atoms. The van der Waals surface area contributed by atoms with Crippen LogP contribution in [-0.2, 0) is 6.54 Å². The molecule has 3 aliphatic rings. The van der Waals surface area contributed by atoms with Crippen molar-refractivity contribution in [2.75, 3.05) is 13.7 Å². The summed E-state index contributed by atoms with van der Waals surface area (Å²) in [6.07, 6.45) is 3.13. The van der Waals surface area contributed by atoms with Crippen molar-refractivity contribution in [2.45, 2.75) is 82.5 Å². The molecule has 0 bridgehead atoms. The first-order chi connectivity index (χ1) is 19.6. The highest BCUT2D eigenvalue weighted by atomic mass is 32.1. The van der Waals surface area contributed by atoms with Crippen LogP contribution in [0.15, 0.2) is 35.7 Å². The smallest absolute Gasteiger partial charge is 0.271 e. The van der Waals surface area contributed by atoms with Crippen LogP contribution in [0.25, 0.3) is 21.7 Å². The van der Waals surface area contributed by atoms with Crippen molar-refractivity contribution in [2.24, 2.45) is 0 Å². The number of nitriles is 1. The van der Waals surface area contributed by atoms with Gasteiger partial charge in [-0.3, -0.25) is 9.59 Å². The molecule has 8 nitrogen and oxygen atoms in total. The minimum Gasteiger partial charge on any atom is -0.496 e. The van der Waals surface area contributed by atoms with Crippen molar-refractivity contribution in [3.8, 4) is 33.5 Å². The number of aromatic nitrogens is 1. The molecule has 2 amide bonds. The van der Waals surface area contributed by atoms with Crippen LogP contribution in [-0.4, -0.2) is 57.2 Å². The lowest BCUT2D eigenvalue weighted by molar-refractivity contribution is 0.0145. The monoisotopic (exact) mass is 572 g/mol. The summed E-state index contributed by atoms with van der Waals surface area (Å²) >= 11 is 1.61. The lowest BCUT2D eigenvalue weighted by Gasteiger charge is -2.38. The summed E-state index contributed by atoms with van der Waals surface area (Å²) in [5, 5.41) is 25.3. The van der Waals surface area contributed by atoms with Crippen LogP contribution in [0, 0.1) is 11.3 Å². The van der Waals surface area contributed by atoms with E-state index in [0.717, 1.165) is 46.5 Å². The van der Waals surface area contributed by atoms with Gasteiger partial charge in [-0.2, -0.15) is 5.26 Å². The van der Waals surface area contributed by atoms with E-state index in [1.807, 2.05) is 47.5 Å². The second-order valence-corrected chi connectivity index (χ2v) is 13.0. The number of thiophene rings is 1. The van der Waals surface area contributed by atoms with Gasteiger partial charge < -0.3 is 24.6 Å². The zero-order valence-electron chi connectivity index (χ0n) is 24.0. The Kier molecular flexibility index (Phi) is 6.74. The van der Waals surface area contributed by atoms with Gasteiger partial charge in [0.25, 0.3) is 11.8 Å². The third-order valence-corrected chi connectivity index (χ3v) is 10.5. The highest BCUT2D eigenvalue weighted by Crippen LogP contribution is 2.47. The Labute approximate surface area is 244 Å². The molecule has 1 unspecified atom stereocenters. The molecule has 2 aliphatic heterocycles. The van der Waals surface area contributed by atoms with E-state index >= 15 is 0 Å². The Morgan fingerprint density at radius 1 is 1.22 bits per heavy atom. The third kappa shape index (κ3) is 4.27. The first kappa shape index (κ1) is 27.6. The maximum absolute atomic E-state index is 14.2. The molecule has 3 atom stereocenters. The molecule has 3 aromatic rings. The number of likely N-dealkylation sites (tertiary alicyclic amines) is 1. The third-order valence-electron chi connectivity index (χ3n) is 9.56. The molecule has 1 saturated carbocycles. The molecule has 1 aromatic carbocycles. The second kappa shape index (κ2) is 10.0. The Morgan fingerprint density at radius 3 is 2.61 bits per heavy atom. The summed E-state index contributed by atoms with van der Waals surface area (Å²) in [6, 6.07) is 12.1. The number of amides is 2. The zero-order valence-corrected chi connectivity index (χ0v) is 24.8. The fraction of sp³-hybridized carbons (Fsp3) is 0.469. The summed E-state index contributed by atoms with van der Waals surface area (Å²) in [6.45, 7) is 7.04. The molecule has 2 fully saturated rings. The first-order valence-corrected chi connectivity index (χ1v) is 15.2. The number of benzene rings is 1. The van der Waals surface area contributed by atoms with Crippen molar-refractivity contribution in [3.63, 3.8) is 0 Å². The maximum atomic E-state index is 14.2. The highest BCUT2D eigenvalue weighted by Gasteiger charge is 2.45. The number of hydrogen-bond donors (Lipinski definition) is 2. The second-order valence-electron chi connectivity index (χ2n) is 12.0. The van der Waals surface area contributed by atoms with Crippen LogP contribution in [0.3, 0.4) is 0 Å². The van der Waals surface area contributed by atoms with Gasteiger partial charge in [-0.05, 0) is 87.1 Å². The number of ether oxygens (including phenoxy) is 1. The van der Waals surface area contributed by atoms with Crippen LogP contribution in [0.4, 0.5) is 0 Å². The molecular weight excluding hydrogens is 536 g/mol. The van der Waals surface area contributed by atoms with Crippen molar-refractivity contribution in [3.05, 3.63) is 52.5 Å². The summed E-state index contributed by atoms with van der Waals surface area (Å²) in [4.78, 5) is 30.7. The van der Waals surface area contributed by atoms with Gasteiger partial charge in [-0.25, -0.2) is 0 Å². The summed E-state index contributed by atoms with van der Waals surface area (Å²) < 4.78 is 7.79. The average molecular weight is 573 g/mol. The van der Waals surface area contributed by atoms with E-state index < -0.39 is 17.2 Å². The van der Waals surface area contributed by atoms with Crippen molar-refractivity contribution >= 4 is 23.2 Å². The van der Waals surface area contributed by atoms with Crippen LogP contribution >= 0.6 is 11.3 Å². The van der Waals surface area contributed by atoms with Gasteiger partial charge >= 0.3 is 0 Å². The molecule has 2 aromatic heterocycles. The number of aliphatic hydroxyl groups is 1. The SMILES string of the molecule is COc1cc2c(cc1C(=O)NC1(C#N)CCC1)-c1c(-c3cccs3)cc(C(=O)N3CCC[C@]3(C)[C@@H](C)O)n1CC2C. The van der Waals surface area contributed by atoms with E-state index in [-0.39, 0.29) is 17.7 Å². The highest BCUT2D eigenvalue weighted by molar-refractivity contribution is 7.13. The molecular formula is C32H36N4O4S.